The molecular weight excluding hydrogens is 559 g/mol. The summed E-state index contributed by atoms with van der Waals surface area (Å²) in [6, 6.07) is 27.6. The van der Waals surface area contributed by atoms with Crippen LogP contribution in [0.25, 0.3) is 6.08 Å². The highest BCUT2D eigenvalue weighted by Gasteiger charge is 2.31. The number of carbonyl (C=O) groups is 1. The number of nitrogens with zero attached hydrogens (tertiary/aromatic N) is 1. The maximum absolute atomic E-state index is 12.4. The number of aryl methyl sites for hydroxylation is 1. The van der Waals surface area contributed by atoms with E-state index in [2.05, 4.69) is 6.07 Å². The molecule has 1 atom stereocenters. The first-order valence-electron chi connectivity index (χ1n) is 12.7. The predicted molar refractivity (Wildman–Crippen MR) is 159 cm³/mol. The largest absolute Gasteiger partial charge is 0.489 e. The van der Waals surface area contributed by atoms with Crippen LogP contribution in [0.2, 0.25) is 10.0 Å². The van der Waals surface area contributed by atoms with E-state index in [9.17, 15) is 10.1 Å². The minimum absolute atomic E-state index is 0.00884. The van der Waals surface area contributed by atoms with Gasteiger partial charge in [0, 0.05) is 33.3 Å². The molecule has 204 valence electrons. The third kappa shape index (κ3) is 6.55. The molecule has 0 spiro atoms. The van der Waals surface area contributed by atoms with Crippen molar-refractivity contribution in [2.24, 2.45) is 5.73 Å². The van der Waals surface area contributed by atoms with Gasteiger partial charge in [0.05, 0.1) is 5.92 Å². The van der Waals surface area contributed by atoms with Crippen LogP contribution in [-0.4, -0.2) is 5.97 Å². The fourth-order valence-corrected chi connectivity index (χ4v) is 4.85. The van der Waals surface area contributed by atoms with Crippen molar-refractivity contribution >= 4 is 35.2 Å². The van der Waals surface area contributed by atoms with E-state index in [1.54, 1.807) is 36.4 Å². The monoisotopic (exact) mass is 582 g/mol. The second kappa shape index (κ2) is 12.2. The summed E-state index contributed by atoms with van der Waals surface area (Å²) in [7, 11) is 0. The SMILES string of the molecule is Cc1ccc(/C=C/C(=O)Oc2ccc3c(c2)OC(N)=C(C#N)C3c2ccc(OCc3ccc(Cl)cc3Cl)cc2)cc1. The summed E-state index contributed by atoms with van der Waals surface area (Å²) in [5.41, 5.74) is 10.8. The van der Waals surface area contributed by atoms with Crippen LogP contribution < -0.4 is 19.9 Å². The molecule has 1 aliphatic rings. The fraction of sp³-hybridized carbons (Fsp3) is 0.0909. The van der Waals surface area contributed by atoms with E-state index in [-0.39, 0.29) is 18.1 Å². The van der Waals surface area contributed by atoms with E-state index in [0.29, 0.717) is 32.9 Å². The Bertz CT molecular complexity index is 1710. The van der Waals surface area contributed by atoms with Crippen LogP contribution >= 0.6 is 23.2 Å². The third-order valence-corrected chi connectivity index (χ3v) is 7.11. The Kier molecular flexibility index (Phi) is 8.30. The van der Waals surface area contributed by atoms with E-state index >= 15 is 0 Å². The quantitative estimate of drug-likeness (QED) is 0.136. The molecule has 2 N–H and O–H groups in total. The van der Waals surface area contributed by atoms with Gasteiger partial charge in [-0.1, -0.05) is 77.3 Å². The van der Waals surface area contributed by atoms with Crippen molar-refractivity contribution in [1.82, 2.24) is 0 Å². The van der Waals surface area contributed by atoms with Gasteiger partial charge < -0.3 is 19.9 Å². The van der Waals surface area contributed by atoms with Crippen LogP contribution in [0.4, 0.5) is 0 Å². The molecule has 4 aromatic carbocycles. The molecule has 0 amide bonds. The number of benzene rings is 4. The van der Waals surface area contributed by atoms with Crippen molar-refractivity contribution in [2.75, 3.05) is 0 Å². The number of fused-ring (bicyclic) bond motifs is 1. The Hall–Kier alpha value is -4.70. The number of nitriles is 1. The summed E-state index contributed by atoms with van der Waals surface area (Å²) < 4.78 is 17.1. The summed E-state index contributed by atoms with van der Waals surface area (Å²) in [5, 5.41) is 11.0. The van der Waals surface area contributed by atoms with Gasteiger partial charge in [-0.3, -0.25) is 0 Å². The zero-order valence-electron chi connectivity index (χ0n) is 21.9. The summed E-state index contributed by atoms with van der Waals surface area (Å²) in [5.74, 6) is 0.300. The molecule has 0 fully saturated rings. The molecule has 0 bridgehead atoms. The molecular formula is C33H24Cl2N2O4. The van der Waals surface area contributed by atoms with Crippen molar-refractivity contribution in [3.05, 3.63) is 140 Å². The maximum atomic E-state index is 12.4. The number of hydrogen-bond donors (Lipinski definition) is 1. The minimum atomic E-state index is -0.533. The highest BCUT2D eigenvalue weighted by Crippen LogP contribution is 2.43. The second-order valence-electron chi connectivity index (χ2n) is 9.38. The van der Waals surface area contributed by atoms with Gasteiger partial charge in [-0.2, -0.15) is 5.26 Å². The third-order valence-electron chi connectivity index (χ3n) is 6.52. The molecule has 8 heteroatoms. The van der Waals surface area contributed by atoms with Gasteiger partial charge in [-0.25, -0.2) is 4.79 Å². The molecule has 5 rings (SSSR count). The summed E-state index contributed by atoms with van der Waals surface area (Å²) >= 11 is 12.2. The summed E-state index contributed by atoms with van der Waals surface area (Å²) in [4.78, 5) is 12.4. The lowest BCUT2D eigenvalue weighted by atomic mass is 9.83. The van der Waals surface area contributed by atoms with E-state index in [1.165, 1.54) is 6.08 Å². The van der Waals surface area contributed by atoms with Crippen LogP contribution in [0.1, 0.15) is 33.7 Å². The average Bonchev–Trinajstić information content (AvgIpc) is 2.96. The number of halogens is 2. The molecule has 0 saturated heterocycles. The first-order valence-corrected chi connectivity index (χ1v) is 13.4. The van der Waals surface area contributed by atoms with Gasteiger partial charge in [-0.15, -0.1) is 0 Å². The number of carbonyl (C=O) groups excluding carboxylic acids is 1. The molecule has 6 nitrogen and oxygen atoms in total. The van der Waals surface area contributed by atoms with Gasteiger partial charge >= 0.3 is 5.97 Å². The molecule has 0 aliphatic carbocycles. The van der Waals surface area contributed by atoms with Gasteiger partial charge in [0.2, 0.25) is 5.88 Å². The number of rotatable bonds is 7. The zero-order chi connectivity index (χ0) is 28.9. The van der Waals surface area contributed by atoms with Crippen LogP contribution in [-0.2, 0) is 11.4 Å². The lowest BCUT2D eigenvalue weighted by molar-refractivity contribution is -0.128. The summed E-state index contributed by atoms with van der Waals surface area (Å²) in [6.07, 6.45) is 3.05. The Morgan fingerprint density at radius 3 is 2.44 bits per heavy atom. The second-order valence-corrected chi connectivity index (χ2v) is 10.2. The highest BCUT2D eigenvalue weighted by atomic mass is 35.5. The number of nitrogens with two attached hydrogens (primary N) is 1. The van der Waals surface area contributed by atoms with E-state index in [1.807, 2.05) is 61.5 Å². The Morgan fingerprint density at radius 2 is 1.73 bits per heavy atom. The van der Waals surface area contributed by atoms with Gasteiger partial charge in [0.25, 0.3) is 0 Å². The standard InChI is InChI=1S/C33H24Cl2N2O4/c1-20-2-4-21(5-3-20)6-15-31(38)40-26-13-14-27-30(17-26)41-33(37)28(18-36)32(27)22-8-11-25(12-9-22)39-19-23-7-10-24(34)16-29(23)35/h2-17,32H,19,37H2,1H3/b15-6+. The van der Waals surface area contributed by atoms with Crippen LogP contribution in [0.15, 0.2) is 102 Å². The number of allylic oxidation sites excluding steroid dienone is 1. The Morgan fingerprint density at radius 1 is 1.00 bits per heavy atom. The first-order chi connectivity index (χ1) is 19.8. The normalized spacial score (nSPS) is 14.2. The maximum Gasteiger partial charge on any atom is 0.336 e. The van der Waals surface area contributed by atoms with Crippen molar-refractivity contribution in [2.45, 2.75) is 19.4 Å². The van der Waals surface area contributed by atoms with Crippen LogP contribution in [0.5, 0.6) is 17.2 Å². The van der Waals surface area contributed by atoms with Crippen molar-refractivity contribution < 1.29 is 19.0 Å². The van der Waals surface area contributed by atoms with Crippen molar-refractivity contribution in [3.8, 4) is 23.3 Å². The van der Waals surface area contributed by atoms with E-state index in [0.717, 1.165) is 22.3 Å². The van der Waals surface area contributed by atoms with Crippen LogP contribution in [0, 0.1) is 18.3 Å². The minimum Gasteiger partial charge on any atom is -0.489 e. The predicted octanol–water partition coefficient (Wildman–Crippen LogP) is 7.72. The topological polar surface area (TPSA) is 94.6 Å². The summed E-state index contributed by atoms with van der Waals surface area (Å²) in [6.45, 7) is 2.27. The molecule has 0 saturated carbocycles. The smallest absolute Gasteiger partial charge is 0.336 e. The number of hydrogen-bond acceptors (Lipinski definition) is 6. The van der Waals surface area contributed by atoms with Crippen molar-refractivity contribution in [3.63, 3.8) is 0 Å². The fourth-order valence-electron chi connectivity index (χ4n) is 4.39. The lowest BCUT2D eigenvalue weighted by Gasteiger charge is -2.26. The zero-order valence-corrected chi connectivity index (χ0v) is 23.4. The Labute approximate surface area is 247 Å². The highest BCUT2D eigenvalue weighted by molar-refractivity contribution is 6.35. The van der Waals surface area contributed by atoms with E-state index in [4.69, 9.17) is 43.1 Å². The first kappa shape index (κ1) is 27.9. The molecule has 1 unspecified atom stereocenters. The van der Waals surface area contributed by atoms with Gasteiger partial charge in [-0.05, 0) is 54.5 Å². The molecule has 0 aromatic heterocycles. The van der Waals surface area contributed by atoms with Gasteiger partial charge in [0.1, 0.15) is 35.5 Å². The lowest BCUT2D eigenvalue weighted by Crippen LogP contribution is -2.21. The molecule has 4 aromatic rings. The molecule has 1 heterocycles. The van der Waals surface area contributed by atoms with Crippen molar-refractivity contribution in [1.29, 1.82) is 5.26 Å². The Balaban J connectivity index is 1.33. The number of ether oxygens (including phenoxy) is 3. The average molecular weight is 583 g/mol. The molecule has 41 heavy (non-hydrogen) atoms. The molecule has 0 radical (unpaired) electrons. The number of esters is 1. The van der Waals surface area contributed by atoms with Gasteiger partial charge in [0.15, 0.2) is 0 Å². The molecule has 1 aliphatic heterocycles. The van der Waals surface area contributed by atoms with E-state index < -0.39 is 11.9 Å². The van der Waals surface area contributed by atoms with Crippen LogP contribution in [0.3, 0.4) is 0 Å².